The molecule has 3 rings (SSSR count). The van der Waals surface area contributed by atoms with Crippen LogP contribution in [0.3, 0.4) is 0 Å². The fraction of sp³-hybridized carbons (Fsp3) is 0.611. The van der Waals surface area contributed by atoms with E-state index in [2.05, 4.69) is 38.4 Å². The van der Waals surface area contributed by atoms with Gasteiger partial charge in [-0.3, -0.25) is 0 Å². The van der Waals surface area contributed by atoms with Gasteiger partial charge in [0.25, 0.3) is 0 Å². The number of allylic oxidation sites excluding steroid dienone is 2. The van der Waals surface area contributed by atoms with Crippen LogP contribution in [-0.2, 0) is 4.74 Å². The number of nitrogens with one attached hydrogen (secondary N) is 1. The number of carbonyl (C=O) groups excluding carboxylic acids is 1. The van der Waals surface area contributed by atoms with E-state index < -0.39 is 5.60 Å². The number of amides is 1. The van der Waals surface area contributed by atoms with E-state index >= 15 is 0 Å². The molecule has 130 valence electrons. The zero-order valence-electron chi connectivity index (χ0n) is 14.7. The van der Waals surface area contributed by atoms with Crippen LogP contribution < -0.4 is 10.2 Å². The molecule has 1 aromatic heterocycles. The van der Waals surface area contributed by atoms with Gasteiger partial charge in [0.1, 0.15) is 17.7 Å². The van der Waals surface area contributed by atoms with Crippen molar-refractivity contribution in [1.82, 2.24) is 15.3 Å². The van der Waals surface area contributed by atoms with Gasteiger partial charge in [-0.2, -0.15) is 0 Å². The van der Waals surface area contributed by atoms with Crippen molar-refractivity contribution in [3.63, 3.8) is 0 Å². The molecule has 2 heterocycles. The lowest BCUT2D eigenvalue weighted by atomic mass is 9.99. The molecule has 24 heavy (non-hydrogen) atoms. The Bertz CT molecular complexity index is 610. The molecule has 1 N–H and O–H groups in total. The quantitative estimate of drug-likeness (QED) is 0.860. The summed E-state index contributed by atoms with van der Waals surface area (Å²) in [4.78, 5) is 22.7. The largest absolute Gasteiger partial charge is 0.444 e. The topological polar surface area (TPSA) is 67.3 Å². The highest BCUT2D eigenvalue weighted by Gasteiger charge is 2.29. The summed E-state index contributed by atoms with van der Waals surface area (Å²) in [6, 6.07) is 2.11. The van der Waals surface area contributed by atoms with Crippen LogP contribution in [0.5, 0.6) is 0 Å². The molecule has 0 radical (unpaired) electrons. The van der Waals surface area contributed by atoms with Crippen LogP contribution in [0.1, 0.15) is 45.2 Å². The summed E-state index contributed by atoms with van der Waals surface area (Å²) in [7, 11) is 0. The van der Waals surface area contributed by atoms with E-state index in [0.29, 0.717) is 18.4 Å². The fourth-order valence-corrected chi connectivity index (χ4v) is 3.04. The molecule has 1 amide bonds. The van der Waals surface area contributed by atoms with Crippen molar-refractivity contribution in [3.8, 4) is 0 Å². The van der Waals surface area contributed by atoms with Crippen molar-refractivity contribution in [3.05, 3.63) is 30.2 Å². The van der Waals surface area contributed by atoms with E-state index in [1.807, 2.05) is 20.8 Å². The van der Waals surface area contributed by atoms with Crippen LogP contribution in [0.15, 0.2) is 24.5 Å². The Labute approximate surface area is 143 Å². The third-order valence-corrected chi connectivity index (χ3v) is 4.32. The summed E-state index contributed by atoms with van der Waals surface area (Å²) in [5.41, 5.74) is 0.669. The first-order valence-electron chi connectivity index (χ1n) is 8.59. The van der Waals surface area contributed by atoms with Crippen LogP contribution in [0.2, 0.25) is 0 Å². The van der Waals surface area contributed by atoms with Crippen molar-refractivity contribution in [1.29, 1.82) is 0 Å². The Kier molecular flexibility index (Phi) is 4.73. The maximum atomic E-state index is 11.7. The zero-order valence-corrected chi connectivity index (χ0v) is 14.7. The highest BCUT2D eigenvalue weighted by atomic mass is 16.6. The molecular formula is C18H26N4O2. The van der Waals surface area contributed by atoms with Crippen molar-refractivity contribution in [2.45, 2.75) is 45.1 Å². The molecule has 2 aliphatic rings. The molecule has 1 fully saturated rings. The van der Waals surface area contributed by atoms with Gasteiger partial charge in [-0.1, -0.05) is 12.2 Å². The molecule has 6 nitrogen and oxygen atoms in total. The number of anilines is 1. The molecule has 6 heteroatoms. The Morgan fingerprint density at radius 3 is 2.67 bits per heavy atom. The normalized spacial score (nSPS) is 18.5. The van der Waals surface area contributed by atoms with Crippen molar-refractivity contribution < 1.29 is 9.53 Å². The maximum Gasteiger partial charge on any atom is 0.407 e. The predicted octanol–water partition coefficient (Wildman–Crippen LogP) is 2.87. The van der Waals surface area contributed by atoms with Crippen LogP contribution >= 0.6 is 0 Å². The lowest BCUT2D eigenvalue weighted by Gasteiger charge is -2.40. The second-order valence-electron chi connectivity index (χ2n) is 7.59. The molecular weight excluding hydrogens is 304 g/mol. The van der Waals surface area contributed by atoms with Gasteiger partial charge in [-0.15, -0.1) is 0 Å². The molecule has 0 saturated carbocycles. The van der Waals surface area contributed by atoms with E-state index in [4.69, 9.17) is 4.74 Å². The SMILES string of the molecule is CC(C)(C)OC(=O)NCC1CN(c2cc(C3CC=CC3)ncn2)C1. The van der Waals surface area contributed by atoms with E-state index in [-0.39, 0.29) is 6.09 Å². The Morgan fingerprint density at radius 1 is 1.29 bits per heavy atom. The second-order valence-corrected chi connectivity index (χ2v) is 7.59. The van der Waals surface area contributed by atoms with E-state index in [9.17, 15) is 4.79 Å². The third-order valence-electron chi connectivity index (χ3n) is 4.32. The molecule has 1 aromatic rings. The van der Waals surface area contributed by atoms with Crippen LogP contribution in [0.4, 0.5) is 10.6 Å². The van der Waals surface area contributed by atoms with Crippen molar-refractivity contribution in [2.24, 2.45) is 5.92 Å². The Balaban J connectivity index is 1.45. The number of hydrogen-bond acceptors (Lipinski definition) is 5. The Morgan fingerprint density at radius 2 is 2.00 bits per heavy atom. The minimum Gasteiger partial charge on any atom is -0.444 e. The fourth-order valence-electron chi connectivity index (χ4n) is 3.04. The number of alkyl carbamates (subject to hydrolysis) is 1. The molecule has 0 bridgehead atoms. The number of ether oxygens (including phenoxy) is 1. The lowest BCUT2D eigenvalue weighted by Crippen LogP contribution is -2.52. The summed E-state index contributed by atoms with van der Waals surface area (Å²) in [6.45, 7) is 8.03. The highest BCUT2D eigenvalue weighted by Crippen LogP contribution is 2.30. The monoisotopic (exact) mass is 330 g/mol. The van der Waals surface area contributed by atoms with E-state index in [1.54, 1.807) is 6.33 Å². The van der Waals surface area contributed by atoms with E-state index in [1.165, 1.54) is 0 Å². The molecule has 0 aromatic carbocycles. The zero-order chi connectivity index (χ0) is 17.2. The van der Waals surface area contributed by atoms with Gasteiger partial charge in [0, 0.05) is 43.2 Å². The number of nitrogens with zero attached hydrogens (tertiary/aromatic N) is 3. The highest BCUT2D eigenvalue weighted by molar-refractivity contribution is 5.67. The summed E-state index contributed by atoms with van der Waals surface area (Å²) >= 11 is 0. The molecule has 1 aliphatic carbocycles. The van der Waals surface area contributed by atoms with Gasteiger partial charge in [0.15, 0.2) is 0 Å². The van der Waals surface area contributed by atoms with Crippen molar-refractivity contribution >= 4 is 11.9 Å². The molecule has 0 unspecified atom stereocenters. The first kappa shape index (κ1) is 16.7. The standard InChI is InChI=1S/C18H26N4O2/c1-18(2,3)24-17(23)19-9-13-10-22(11-13)16-8-15(20-12-21-16)14-6-4-5-7-14/h4-5,8,12-14H,6-7,9-11H2,1-3H3,(H,19,23). The summed E-state index contributed by atoms with van der Waals surface area (Å²) in [5.74, 6) is 1.92. The number of rotatable bonds is 4. The van der Waals surface area contributed by atoms with Gasteiger partial charge in [0.05, 0.1) is 0 Å². The first-order valence-corrected chi connectivity index (χ1v) is 8.59. The second kappa shape index (κ2) is 6.79. The maximum absolute atomic E-state index is 11.7. The van der Waals surface area contributed by atoms with Crippen LogP contribution in [0, 0.1) is 5.92 Å². The molecule has 0 atom stereocenters. The summed E-state index contributed by atoms with van der Waals surface area (Å²) in [5, 5.41) is 2.84. The number of aromatic nitrogens is 2. The average Bonchev–Trinajstić information content (AvgIpc) is 2.98. The van der Waals surface area contributed by atoms with Gasteiger partial charge in [-0.25, -0.2) is 14.8 Å². The first-order chi connectivity index (χ1) is 11.4. The molecule has 1 aliphatic heterocycles. The van der Waals surface area contributed by atoms with Gasteiger partial charge >= 0.3 is 6.09 Å². The molecule has 0 spiro atoms. The van der Waals surface area contributed by atoms with E-state index in [0.717, 1.165) is 37.4 Å². The van der Waals surface area contributed by atoms with Crippen LogP contribution in [-0.4, -0.2) is 41.3 Å². The Hall–Kier alpha value is -2.11. The smallest absolute Gasteiger partial charge is 0.407 e. The predicted molar refractivity (Wildman–Crippen MR) is 93.1 cm³/mol. The lowest BCUT2D eigenvalue weighted by molar-refractivity contribution is 0.0516. The average molecular weight is 330 g/mol. The number of hydrogen-bond donors (Lipinski definition) is 1. The summed E-state index contributed by atoms with van der Waals surface area (Å²) in [6.07, 6.45) is 7.88. The minimum absolute atomic E-state index is 0.348. The van der Waals surface area contributed by atoms with Crippen LogP contribution in [0.25, 0.3) is 0 Å². The van der Waals surface area contributed by atoms with Gasteiger partial charge in [0.2, 0.25) is 0 Å². The molecule has 1 saturated heterocycles. The number of carbonyl (C=O) groups is 1. The van der Waals surface area contributed by atoms with Gasteiger partial charge in [-0.05, 0) is 33.6 Å². The minimum atomic E-state index is -0.456. The third kappa shape index (κ3) is 4.24. The van der Waals surface area contributed by atoms with Crippen molar-refractivity contribution in [2.75, 3.05) is 24.5 Å². The summed E-state index contributed by atoms with van der Waals surface area (Å²) < 4.78 is 5.25. The van der Waals surface area contributed by atoms with Gasteiger partial charge < -0.3 is 15.0 Å².